The molecular formula is C20H24N2O5. The maximum Gasteiger partial charge on any atom is 0.313 e. The van der Waals surface area contributed by atoms with Gasteiger partial charge in [-0.25, -0.2) is 0 Å². The van der Waals surface area contributed by atoms with Gasteiger partial charge in [0, 0.05) is 6.54 Å². The summed E-state index contributed by atoms with van der Waals surface area (Å²) in [7, 11) is 3.13. The molecule has 2 amide bonds. The van der Waals surface area contributed by atoms with Gasteiger partial charge in [0.25, 0.3) is 0 Å². The van der Waals surface area contributed by atoms with Crippen LogP contribution in [0, 0.1) is 0 Å². The van der Waals surface area contributed by atoms with Crippen molar-refractivity contribution in [2.75, 3.05) is 32.7 Å². The van der Waals surface area contributed by atoms with E-state index >= 15 is 0 Å². The van der Waals surface area contributed by atoms with Crippen molar-refractivity contribution < 1.29 is 23.8 Å². The number of carbonyl (C=O) groups excluding carboxylic acids is 2. The minimum atomic E-state index is -0.741. The van der Waals surface area contributed by atoms with Gasteiger partial charge in [-0.05, 0) is 43.2 Å². The summed E-state index contributed by atoms with van der Waals surface area (Å²) in [6.07, 6.45) is 0.551. The lowest BCUT2D eigenvalue weighted by molar-refractivity contribution is -0.136. The average Bonchev–Trinajstić information content (AvgIpc) is 2.69. The number of amides is 2. The second-order valence-corrected chi connectivity index (χ2v) is 5.58. The van der Waals surface area contributed by atoms with E-state index in [1.165, 1.54) is 0 Å². The number of carbonyl (C=O) groups is 2. The Morgan fingerprint density at radius 1 is 0.926 bits per heavy atom. The van der Waals surface area contributed by atoms with Crippen LogP contribution in [-0.2, 0) is 16.0 Å². The van der Waals surface area contributed by atoms with Gasteiger partial charge >= 0.3 is 11.8 Å². The van der Waals surface area contributed by atoms with E-state index < -0.39 is 11.8 Å². The van der Waals surface area contributed by atoms with Gasteiger partial charge in [-0.1, -0.05) is 18.2 Å². The number of rotatable bonds is 8. The summed E-state index contributed by atoms with van der Waals surface area (Å²) < 4.78 is 15.9. The lowest BCUT2D eigenvalue weighted by Gasteiger charge is -2.12. The van der Waals surface area contributed by atoms with Crippen LogP contribution in [-0.4, -0.2) is 39.2 Å². The molecule has 0 unspecified atom stereocenters. The maximum atomic E-state index is 12.1. The van der Waals surface area contributed by atoms with Gasteiger partial charge in [0.2, 0.25) is 0 Å². The van der Waals surface area contributed by atoms with Crippen LogP contribution in [0.4, 0.5) is 5.69 Å². The van der Waals surface area contributed by atoms with Crippen LogP contribution in [0.1, 0.15) is 12.5 Å². The Morgan fingerprint density at radius 3 is 2.37 bits per heavy atom. The third-order valence-corrected chi connectivity index (χ3v) is 3.79. The van der Waals surface area contributed by atoms with Crippen LogP contribution >= 0.6 is 0 Å². The highest BCUT2D eigenvalue weighted by Gasteiger charge is 2.15. The molecule has 144 valence electrons. The van der Waals surface area contributed by atoms with E-state index in [9.17, 15) is 9.59 Å². The van der Waals surface area contributed by atoms with Crippen LogP contribution in [0.25, 0.3) is 0 Å². The van der Waals surface area contributed by atoms with Crippen molar-refractivity contribution >= 4 is 17.5 Å². The predicted molar refractivity (Wildman–Crippen MR) is 103 cm³/mol. The molecule has 0 atom stereocenters. The number of nitrogens with one attached hydrogen (secondary N) is 2. The molecule has 0 bridgehead atoms. The molecule has 0 aliphatic heterocycles. The largest absolute Gasteiger partial charge is 0.493 e. The van der Waals surface area contributed by atoms with Crippen molar-refractivity contribution in [2.45, 2.75) is 13.3 Å². The molecule has 0 aromatic heterocycles. The number of methoxy groups -OCH3 is 2. The van der Waals surface area contributed by atoms with Crippen LogP contribution in [0.3, 0.4) is 0 Å². The second-order valence-electron chi connectivity index (χ2n) is 5.58. The van der Waals surface area contributed by atoms with Gasteiger partial charge in [0.15, 0.2) is 11.5 Å². The highest BCUT2D eigenvalue weighted by atomic mass is 16.5. The summed E-state index contributed by atoms with van der Waals surface area (Å²) in [4.78, 5) is 24.1. The SMILES string of the molecule is CCOc1ccccc1NC(=O)C(=O)NCCc1ccc(OC)c(OC)c1. The first-order valence-corrected chi connectivity index (χ1v) is 8.61. The molecule has 0 saturated carbocycles. The van der Waals surface area contributed by atoms with Crippen molar-refractivity contribution in [1.29, 1.82) is 0 Å². The molecule has 7 heteroatoms. The summed E-state index contributed by atoms with van der Waals surface area (Å²) in [6.45, 7) is 2.62. The van der Waals surface area contributed by atoms with E-state index in [-0.39, 0.29) is 0 Å². The van der Waals surface area contributed by atoms with Gasteiger partial charge in [0.1, 0.15) is 5.75 Å². The molecule has 2 aromatic rings. The summed E-state index contributed by atoms with van der Waals surface area (Å²) in [6, 6.07) is 12.5. The number of hydrogen-bond donors (Lipinski definition) is 2. The van der Waals surface area contributed by atoms with Crippen molar-refractivity contribution in [3.8, 4) is 17.2 Å². The third kappa shape index (κ3) is 5.64. The van der Waals surface area contributed by atoms with Gasteiger partial charge in [-0.2, -0.15) is 0 Å². The topological polar surface area (TPSA) is 85.9 Å². The van der Waals surface area contributed by atoms with E-state index in [0.29, 0.717) is 42.5 Å². The van der Waals surface area contributed by atoms with Crippen LogP contribution in [0.15, 0.2) is 42.5 Å². The molecule has 2 N–H and O–H groups in total. The first-order valence-electron chi connectivity index (χ1n) is 8.61. The lowest BCUT2D eigenvalue weighted by atomic mass is 10.1. The van der Waals surface area contributed by atoms with E-state index in [4.69, 9.17) is 14.2 Å². The first-order chi connectivity index (χ1) is 13.1. The Kier molecular flexibility index (Phi) is 7.49. The van der Waals surface area contributed by atoms with E-state index in [1.807, 2.05) is 19.1 Å². The Bertz CT molecular complexity index is 792. The monoisotopic (exact) mass is 372 g/mol. The molecule has 0 aliphatic carbocycles. The molecule has 0 aliphatic rings. The number of hydrogen-bond acceptors (Lipinski definition) is 5. The zero-order chi connectivity index (χ0) is 19.6. The zero-order valence-electron chi connectivity index (χ0n) is 15.7. The molecule has 27 heavy (non-hydrogen) atoms. The molecule has 7 nitrogen and oxygen atoms in total. The molecule has 0 spiro atoms. The first kappa shape index (κ1) is 20.1. The Morgan fingerprint density at radius 2 is 1.67 bits per heavy atom. The number of para-hydroxylation sites is 2. The Labute approximate surface area is 158 Å². The lowest BCUT2D eigenvalue weighted by Crippen LogP contribution is -2.36. The molecule has 0 radical (unpaired) electrons. The molecule has 0 saturated heterocycles. The van der Waals surface area contributed by atoms with Gasteiger partial charge in [-0.3, -0.25) is 9.59 Å². The smallest absolute Gasteiger partial charge is 0.313 e. The molecule has 2 rings (SSSR count). The van der Waals surface area contributed by atoms with Crippen molar-refractivity contribution in [3.63, 3.8) is 0 Å². The maximum absolute atomic E-state index is 12.1. The third-order valence-electron chi connectivity index (χ3n) is 3.79. The fraction of sp³-hybridized carbons (Fsp3) is 0.300. The summed E-state index contributed by atoms with van der Waals surface area (Å²) in [5, 5.41) is 5.17. The summed E-state index contributed by atoms with van der Waals surface area (Å²) in [5.41, 5.74) is 1.41. The Hall–Kier alpha value is -3.22. The fourth-order valence-corrected chi connectivity index (χ4v) is 2.47. The minimum Gasteiger partial charge on any atom is -0.493 e. The highest BCUT2D eigenvalue weighted by molar-refractivity contribution is 6.39. The molecular weight excluding hydrogens is 348 g/mol. The van der Waals surface area contributed by atoms with Crippen molar-refractivity contribution in [2.24, 2.45) is 0 Å². The Balaban J connectivity index is 1.88. The predicted octanol–water partition coefficient (Wildman–Crippen LogP) is 2.40. The van der Waals surface area contributed by atoms with E-state index in [0.717, 1.165) is 5.56 Å². The fourth-order valence-electron chi connectivity index (χ4n) is 2.47. The van der Waals surface area contributed by atoms with Gasteiger partial charge < -0.3 is 24.8 Å². The minimum absolute atomic E-state index is 0.314. The summed E-state index contributed by atoms with van der Waals surface area (Å²) in [5.74, 6) is 0.326. The van der Waals surface area contributed by atoms with Crippen LogP contribution < -0.4 is 24.8 Å². The van der Waals surface area contributed by atoms with E-state index in [1.54, 1.807) is 44.6 Å². The zero-order valence-corrected chi connectivity index (χ0v) is 15.7. The summed E-state index contributed by atoms with van der Waals surface area (Å²) >= 11 is 0. The number of anilines is 1. The van der Waals surface area contributed by atoms with Gasteiger partial charge in [-0.15, -0.1) is 0 Å². The molecule has 0 fully saturated rings. The average molecular weight is 372 g/mol. The van der Waals surface area contributed by atoms with E-state index in [2.05, 4.69) is 10.6 Å². The molecule has 2 aromatic carbocycles. The highest BCUT2D eigenvalue weighted by Crippen LogP contribution is 2.27. The number of ether oxygens (including phenoxy) is 3. The standard InChI is InChI=1S/C20H24N2O5/c1-4-27-16-8-6-5-7-15(16)22-20(24)19(23)21-12-11-14-9-10-17(25-2)18(13-14)26-3/h5-10,13H,4,11-12H2,1-3H3,(H,21,23)(H,22,24). The van der Waals surface area contributed by atoms with Crippen molar-refractivity contribution in [1.82, 2.24) is 5.32 Å². The second kappa shape index (κ2) is 10.1. The molecule has 0 heterocycles. The number of benzene rings is 2. The van der Waals surface area contributed by atoms with Crippen molar-refractivity contribution in [3.05, 3.63) is 48.0 Å². The van der Waals surface area contributed by atoms with Crippen LogP contribution in [0.2, 0.25) is 0 Å². The van der Waals surface area contributed by atoms with Crippen LogP contribution in [0.5, 0.6) is 17.2 Å². The normalized spacial score (nSPS) is 10.0. The van der Waals surface area contributed by atoms with Gasteiger partial charge in [0.05, 0.1) is 26.5 Å². The quantitative estimate of drug-likeness (QED) is 0.695.